The molecule has 4 rings (SSSR count). The number of fused-ring (bicyclic) bond motifs is 1. The van der Waals surface area contributed by atoms with E-state index in [1.165, 1.54) is 6.07 Å². The Morgan fingerprint density at radius 2 is 2.16 bits per heavy atom. The minimum atomic E-state index is -0.460. The van der Waals surface area contributed by atoms with Crippen LogP contribution in [0.2, 0.25) is 0 Å². The number of nitrogens with zero attached hydrogens (tertiary/aromatic N) is 5. The van der Waals surface area contributed by atoms with E-state index in [4.69, 9.17) is 5.26 Å². The quantitative estimate of drug-likeness (QED) is 0.738. The minimum absolute atomic E-state index is 0.106. The van der Waals surface area contributed by atoms with Gasteiger partial charge in [-0.05, 0) is 49.2 Å². The first-order valence-corrected chi connectivity index (χ1v) is 8.45. The van der Waals surface area contributed by atoms with Gasteiger partial charge in [0.1, 0.15) is 17.7 Å². The fraction of sp³-hybridized carbons (Fsp3) is 0.316. The van der Waals surface area contributed by atoms with Crippen molar-refractivity contribution in [2.24, 2.45) is 0 Å². The highest BCUT2D eigenvalue weighted by Crippen LogP contribution is 2.27. The second-order valence-corrected chi connectivity index (χ2v) is 6.49. The Morgan fingerprint density at radius 3 is 3.04 bits per heavy atom. The average molecular weight is 335 g/mol. The van der Waals surface area contributed by atoms with E-state index in [2.05, 4.69) is 19.5 Å². The van der Waals surface area contributed by atoms with E-state index >= 15 is 0 Å². The van der Waals surface area contributed by atoms with Crippen LogP contribution in [-0.2, 0) is 6.54 Å². The SMILES string of the molecule is N#Cc1cc(CN2CCCC(c3nnc4ccccn34)C2)ccc1F. The summed E-state index contributed by atoms with van der Waals surface area (Å²) in [6.45, 7) is 2.59. The number of halogens is 1. The monoisotopic (exact) mass is 335 g/mol. The van der Waals surface area contributed by atoms with Gasteiger partial charge in [-0.25, -0.2) is 4.39 Å². The van der Waals surface area contributed by atoms with Gasteiger partial charge in [0.05, 0.1) is 5.56 Å². The molecule has 1 aromatic carbocycles. The number of benzene rings is 1. The normalized spacial score (nSPS) is 18.3. The Labute approximate surface area is 145 Å². The molecule has 1 atom stereocenters. The van der Waals surface area contributed by atoms with Gasteiger partial charge >= 0.3 is 0 Å². The maximum absolute atomic E-state index is 13.5. The summed E-state index contributed by atoms with van der Waals surface area (Å²) in [6.07, 6.45) is 4.17. The van der Waals surface area contributed by atoms with Crippen LogP contribution in [0.5, 0.6) is 0 Å². The number of nitriles is 1. The number of hydrogen-bond donors (Lipinski definition) is 0. The summed E-state index contributed by atoms with van der Waals surface area (Å²) in [4.78, 5) is 2.34. The van der Waals surface area contributed by atoms with Crippen molar-refractivity contribution in [3.63, 3.8) is 0 Å². The first-order valence-electron chi connectivity index (χ1n) is 8.45. The van der Waals surface area contributed by atoms with Gasteiger partial charge < -0.3 is 0 Å². The molecule has 3 heterocycles. The van der Waals surface area contributed by atoms with Gasteiger partial charge in [0, 0.05) is 25.2 Å². The zero-order valence-electron chi connectivity index (χ0n) is 13.8. The molecule has 1 aliphatic heterocycles. The van der Waals surface area contributed by atoms with Crippen LogP contribution >= 0.6 is 0 Å². The van der Waals surface area contributed by atoms with Gasteiger partial charge in [0.2, 0.25) is 0 Å². The summed E-state index contributed by atoms with van der Waals surface area (Å²) in [5, 5.41) is 17.6. The molecule has 1 aliphatic rings. The maximum atomic E-state index is 13.5. The van der Waals surface area contributed by atoms with Crippen molar-refractivity contribution in [2.75, 3.05) is 13.1 Å². The summed E-state index contributed by atoms with van der Waals surface area (Å²) in [5.41, 5.74) is 1.94. The lowest BCUT2D eigenvalue weighted by atomic mass is 9.96. The third kappa shape index (κ3) is 3.11. The van der Waals surface area contributed by atoms with Crippen molar-refractivity contribution in [3.05, 3.63) is 65.4 Å². The van der Waals surface area contributed by atoms with Crippen LogP contribution in [0.4, 0.5) is 4.39 Å². The Kier molecular flexibility index (Phi) is 4.16. The van der Waals surface area contributed by atoms with E-state index < -0.39 is 5.82 Å². The predicted octanol–water partition coefficient (Wildman–Crippen LogP) is 3.12. The summed E-state index contributed by atoms with van der Waals surface area (Å²) in [6, 6.07) is 12.6. The highest BCUT2D eigenvalue weighted by atomic mass is 19.1. The average Bonchev–Trinajstić information content (AvgIpc) is 3.08. The summed E-state index contributed by atoms with van der Waals surface area (Å²) in [7, 11) is 0. The third-order valence-corrected chi connectivity index (χ3v) is 4.77. The first kappa shape index (κ1) is 15.7. The molecule has 0 spiro atoms. The van der Waals surface area contributed by atoms with Crippen LogP contribution in [-0.4, -0.2) is 32.6 Å². The number of aromatic nitrogens is 3. The molecule has 3 aromatic rings. The van der Waals surface area contributed by atoms with Gasteiger partial charge in [-0.15, -0.1) is 10.2 Å². The molecule has 6 heteroatoms. The van der Waals surface area contributed by atoms with E-state index in [0.29, 0.717) is 12.5 Å². The van der Waals surface area contributed by atoms with Crippen molar-refractivity contribution in [1.82, 2.24) is 19.5 Å². The molecule has 126 valence electrons. The smallest absolute Gasteiger partial charge is 0.160 e. The Hall–Kier alpha value is -2.78. The molecule has 25 heavy (non-hydrogen) atoms. The lowest BCUT2D eigenvalue weighted by molar-refractivity contribution is 0.196. The van der Waals surface area contributed by atoms with Crippen molar-refractivity contribution >= 4 is 5.65 Å². The summed E-state index contributed by atoms with van der Waals surface area (Å²) < 4.78 is 15.5. The summed E-state index contributed by atoms with van der Waals surface area (Å²) >= 11 is 0. The van der Waals surface area contributed by atoms with E-state index in [1.54, 1.807) is 12.1 Å². The zero-order valence-corrected chi connectivity index (χ0v) is 13.8. The highest BCUT2D eigenvalue weighted by Gasteiger charge is 2.25. The van der Waals surface area contributed by atoms with Gasteiger partial charge in [0.15, 0.2) is 5.65 Å². The van der Waals surface area contributed by atoms with E-state index in [0.717, 1.165) is 43.0 Å². The van der Waals surface area contributed by atoms with Gasteiger partial charge in [-0.2, -0.15) is 5.26 Å². The molecule has 1 saturated heterocycles. The molecule has 0 radical (unpaired) electrons. The Morgan fingerprint density at radius 1 is 1.24 bits per heavy atom. The molecule has 0 saturated carbocycles. The Balaban J connectivity index is 1.52. The van der Waals surface area contributed by atoms with Crippen LogP contribution < -0.4 is 0 Å². The van der Waals surface area contributed by atoms with Crippen LogP contribution in [0.3, 0.4) is 0 Å². The first-order chi connectivity index (χ1) is 12.2. The van der Waals surface area contributed by atoms with Crippen LogP contribution in [0.15, 0.2) is 42.6 Å². The fourth-order valence-corrected chi connectivity index (χ4v) is 3.56. The molecular weight excluding hydrogens is 317 g/mol. The largest absolute Gasteiger partial charge is 0.298 e. The van der Waals surface area contributed by atoms with Gasteiger partial charge in [-0.3, -0.25) is 9.30 Å². The van der Waals surface area contributed by atoms with Crippen LogP contribution in [0, 0.1) is 17.1 Å². The van der Waals surface area contributed by atoms with Crippen molar-refractivity contribution in [2.45, 2.75) is 25.3 Å². The van der Waals surface area contributed by atoms with Crippen molar-refractivity contribution in [3.8, 4) is 6.07 Å². The lowest BCUT2D eigenvalue weighted by Crippen LogP contribution is -2.34. The number of hydrogen-bond acceptors (Lipinski definition) is 4. The molecule has 0 bridgehead atoms. The topological polar surface area (TPSA) is 57.2 Å². The van der Waals surface area contributed by atoms with E-state index in [-0.39, 0.29) is 5.56 Å². The minimum Gasteiger partial charge on any atom is -0.298 e. The number of pyridine rings is 1. The molecule has 0 amide bonds. The summed E-state index contributed by atoms with van der Waals surface area (Å²) in [5.74, 6) is 0.858. The van der Waals surface area contributed by atoms with Gasteiger partial charge in [0.25, 0.3) is 0 Å². The molecule has 2 aromatic heterocycles. The maximum Gasteiger partial charge on any atom is 0.160 e. The predicted molar refractivity (Wildman–Crippen MR) is 91.4 cm³/mol. The van der Waals surface area contributed by atoms with Crippen molar-refractivity contribution in [1.29, 1.82) is 5.26 Å². The highest BCUT2D eigenvalue weighted by molar-refractivity contribution is 5.38. The second-order valence-electron chi connectivity index (χ2n) is 6.49. The standard InChI is InChI=1S/C19H18FN5/c20-17-7-6-14(10-16(17)11-21)12-24-8-3-4-15(13-24)19-23-22-18-5-1-2-9-25(18)19/h1-2,5-7,9-10,15H,3-4,8,12-13H2. The van der Waals surface area contributed by atoms with E-state index in [9.17, 15) is 4.39 Å². The molecule has 5 nitrogen and oxygen atoms in total. The fourth-order valence-electron chi connectivity index (χ4n) is 3.56. The van der Waals surface area contributed by atoms with Crippen LogP contribution in [0.1, 0.15) is 35.7 Å². The van der Waals surface area contributed by atoms with E-state index in [1.807, 2.05) is 30.5 Å². The lowest BCUT2D eigenvalue weighted by Gasteiger charge is -2.32. The van der Waals surface area contributed by atoms with Crippen molar-refractivity contribution < 1.29 is 4.39 Å². The Bertz CT molecular complexity index is 942. The zero-order chi connectivity index (χ0) is 17.2. The molecule has 1 fully saturated rings. The molecule has 1 unspecified atom stereocenters. The number of likely N-dealkylation sites (tertiary alicyclic amines) is 1. The number of piperidine rings is 1. The molecule has 0 N–H and O–H groups in total. The third-order valence-electron chi connectivity index (χ3n) is 4.77. The second kappa shape index (κ2) is 6.61. The molecular formula is C19H18FN5. The number of rotatable bonds is 3. The molecule has 0 aliphatic carbocycles. The van der Waals surface area contributed by atoms with Crippen LogP contribution in [0.25, 0.3) is 5.65 Å². The van der Waals surface area contributed by atoms with Gasteiger partial charge in [-0.1, -0.05) is 12.1 Å².